The van der Waals surface area contributed by atoms with Crippen LogP contribution in [0.3, 0.4) is 0 Å². The average molecular weight is 625 g/mol. The number of hydrogen-bond donors (Lipinski definition) is 2. The first-order valence-corrected chi connectivity index (χ1v) is 16.2. The zero-order valence-electron chi connectivity index (χ0n) is 25.1. The van der Waals surface area contributed by atoms with Crippen molar-refractivity contribution < 1.29 is 18.1 Å². The molecule has 2 fully saturated rings. The van der Waals surface area contributed by atoms with Gasteiger partial charge in [-0.3, -0.25) is 9.52 Å². The third kappa shape index (κ3) is 7.28. The van der Waals surface area contributed by atoms with Gasteiger partial charge in [0.05, 0.1) is 12.2 Å². The summed E-state index contributed by atoms with van der Waals surface area (Å²) < 4.78 is 44.9. The number of carbonyl (C=O) groups is 1. The van der Waals surface area contributed by atoms with E-state index in [0.717, 1.165) is 31.7 Å². The van der Waals surface area contributed by atoms with Crippen molar-refractivity contribution in [2.45, 2.75) is 69.9 Å². The van der Waals surface area contributed by atoms with Crippen LogP contribution in [-0.2, 0) is 9.92 Å². The summed E-state index contributed by atoms with van der Waals surface area (Å²) in [6.07, 6.45) is 7.49. The summed E-state index contributed by atoms with van der Waals surface area (Å²) in [6, 6.07) is 8.52. The first kappa shape index (κ1) is 31.2. The number of nitrogens with zero attached hydrogens (tertiary/aromatic N) is 8. The van der Waals surface area contributed by atoms with E-state index in [0.29, 0.717) is 42.6 Å². The van der Waals surface area contributed by atoms with Gasteiger partial charge in [-0.05, 0) is 93.5 Å². The molecule has 2 atom stereocenters. The van der Waals surface area contributed by atoms with Crippen LogP contribution >= 0.6 is 0 Å². The van der Waals surface area contributed by atoms with E-state index in [2.05, 4.69) is 45.6 Å². The van der Waals surface area contributed by atoms with Crippen molar-refractivity contribution in [1.82, 2.24) is 24.5 Å². The van der Waals surface area contributed by atoms with Gasteiger partial charge in [0.1, 0.15) is 5.82 Å². The van der Waals surface area contributed by atoms with E-state index in [1.54, 1.807) is 29.1 Å². The molecule has 44 heavy (non-hydrogen) atoms. The van der Waals surface area contributed by atoms with Crippen molar-refractivity contribution in [3.05, 3.63) is 64.5 Å². The summed E-state index contributed by atoms with van der Waals surface area (Å²) in [5.74, 6) is -0.206. The van der Waals surface area contributed by atoms with E-state index >= 15 is 0 Å². The number of amides is 1. The topological polar surface area (TPSA) is 175 Å². The van der Waals surface area contributed by atoms with Gasteiger partial charge < -0.3 is 9.64 Å². The number of rotatable bonds is 13. The van der Waals surface area contributed by atoms with E-state index < -0.39 is 32.3 Å². The first-order valence-electron chi connectivity index (χ1n) is 14.6. The van der Waals surface area contributed by atoms with E-state index in [1.165, 1.54) is 25.0 Å². The third-order valence-corrected chi connectivity index (χ3v) is 9.62. The van der Waals surface area contributed by atoms with Crippen molar-refractivity contribution in [2.24, 2.45) is 16.4 Å². The maximum absolute atomic E-state index is 13.7. The molecule has 0 bridgehead atoms. The van der Waals surface area contributed by atoms with Crippen LogP contribution in [-0.4, -0.2) is 55.1 Å². The SMILES string of the molecule is CC1(CCOc2ccn(-c3ccc(C(=O)NS(=N)(=O)c4cccc(F)n4)c(N4CC(CCCN=[N+]=[N-])CC4(C)C)n3)n2)CC1. The first-order chi connectivity index (χ1) is 20.9. The Morgan fingerprint density at radius 3 is 2.77 bits per heavy atom. The fourth-order valence-electron chi connectivity index (χ4n) is 5.56. The molecule has 1 saturated carbocycles. The number of aromatic nitrogens is 4. The van der Waals surface area contributed by atoms with Crippen LogP contribution in [0.25, 0.3) is 16.3 Å². The summed E-state index contributed by atoms with van der Waals surface area (Å²) in [5, 5.41) is 7.78. The number of pyridine rings is 2. The highest BCUT2D eigenvalue weighted by Gasteiger charge is 2.41. The number of nitrogens with one attached hydrogen (secondary N) is 2. The molecule has 1 amide bonds. The number of anilines is 1. The van der Waals surface area contributed by atoms with Crippen molar-refractivity contribution in [3.8, 4) is 11.7 Å². The van der Waals surface area contributed by atoms with Gasteiger partial charge in [0.2, 0.25) is 11.8 Å². The Bertz CT molecular complexity index is 1680. The molecule has 3 aromatic rings. The molecular formula is C29H37FN10O3S. The number of carbonyl (C=O) groups excluding carboxylic acids is 1. The van der Waals surface area contributed by atoms with Crippen LogP contribution in [0, 0.1) is 22.1 Å². The van der Waals surface area contributed by atoms with Crippen molar-refractivity contribution in [1.29, 1.82) is 4.78 Å². The second-order valence-corrected chi connectivity index (χ2v) is 14.2. The molecule has 0 spiro atoms. The lowest BCUT2D eigenvalue weighted by Crippen LogP contribution is -2.41. The maximum Gasteiger partial charge on any atom is 0.267 e. The quantitative estimate of drug-likeness (QED) is 0.0792. The van der Waals surface area contributed by atoms with Crippen LogP contribution in [0.1, 0.15) is 69.7 Å². The molecule has 4 heterocycles. The second-order valence-electron chi connectivity index (χ2n) is 12.4. The Labute approximate surface area is 256 Å². The van der Waals surface area contributed by atoms with Crippen LogP contribution < -0.4 is 14.4 Å². The highest BCUT2D eigenvalue weighted by atomic mass is 32.2. The highest BCUT2D eigenvalue weighted by Crippen LogP contribution is 2.48. The molecular weight excluding hydrogens is 587 g/mol. The normalized spacial score (nSPS) is 19.5. The molecule has 2 aliphatic rings. The molecule has 15 heteroatoms. The lowest BCUT2D eigenvalue weighted by Gasteiger charge is -2.34. The van der Waals surface area contributed by atoms with Gasteiger partial charge in [-0.2, -0.15) is 4.39 Å². The minimum Gasteiger partial charge on any atom is -0.477 e. The van der Waals surface area contributed by atoms with Gasteiger partial charge in [0.15, 0.2) is 20.8 Å². The molecule has 1 saturated heterocycles. The summed E-state index contributed by atoms with van der Waals surface area (Å²) in [5.41, 5.74) is 8.68. The van der Waals surface area contributed by atoms with E-state index in [-0.39, 0.29) is 11.5 Å². The molecule has 1 aliphatic carbocycles. The molecule has 2 N–H and O–H groups in total. The minimum absolute atomic E-state index is 0.106. The monoisotopic (exact) mass is 624 g/mol. The Morgan fingerprint density at radius 2 is 2.05 bits per heavy atom. The number of azide groups is 1. The van der Waals surface area contributed by atoms with Gasteiger partial charge >= 0.3 is 0 Å². The largest absolute Gasteiger partial charge is 0.477 e. The number of halogens is 1. The van der Waals surface area contributed by atoms with Crippen molar-refractivity contribution in [3.63, 3.8) is 0 Å². The van der Waals surface area contributed by atoms with Crippen LogP contribution in [0.5, 0.6) is 5.88 Å². The van der Waals surface area contributed by atoms with E-state index in [4.69, 9.17) is 20.0 Å². The van der Waals surface area contributed by atoms with Crippen LogP contribution in [0.2, 0.25) is 0 Å². The second kappa shape index (κ2) is 12.4. The number of ether oxygens (including phenoxy) is 1. The molecule has 13 nitrogen and oxygen atoms in total. The molecule has 0 aromatic carbocycles. The predicted molar refractivity (Wildman–Crippen MR) is 162 cm³/mol. The summed E-state index contributed by atoms with van der Waals surface area (Å²) in [6.45, 7) is 7.91. The van der Waals surface area contributed by atoms with Crippen LogP contribution in [0.4, 0.5) is 10.2 Å². The summed E-state index contributed by atoms with van der Waals surface area (Å²) in [4.78, 5) is 26.9. The van der Waals surface area contributed by atoms with E-state index in [1.807, 2.05) is 4.90 Å². The Kier molecular flexibility index (Phi) is 8.80. The molecule has 3 aromatic heterocycles. The van der Waals surface area contributed by atoms with Gasteiger partial charge in [-0.1, -0.05) is 18.1 Å². The van der Waals surface area contributed by atoms with Gasteiger partial charge in [0.25, 0.3) is 5.91 Å². The summed E-state index contributed by atoms with van der Waals surface area (Å²) >= 11 is 0. The third-order valence-electron chi connectivity index (χ3n) is 8.33. The lowest BCUT2D eigenvalue weighted by molar-refractivity contribution is 0.0982. The van der Waals surface area contributed by atoms with Crippen molar-refractivity contribution >= 4 is 21.6 Å². The predicted octanol–water partition coefficient (Wildman–Crippen LogP) is 5.82. The fraction of sp³-hybridized carbons (Fsp3) is 0.517. The highest BCUT2D eigenvalue weighted by molar-refractivity contribution is 7.91. The number of hydrogen-bond acceptors (Lipinski definition) is 9. The van der Waals surface area contributed by atoms with Gasteiger partial charge in [-0.15, -0.1) is 5.10 Å². The smallest absolute Gasteiger partial charge is 0.267 e. The molecule has 234 valence electrons. The molecule has 0 radical (unpaired) electrons. The molecule has 5 rings (SSSR count). The molecule has 2 unspecified atom stereocenters. The Hall–Kier alpha value is -4.23. The van der Waals surface area contributed by atoms with Gasteiger partial charge in [-0.25, -0.2) is 23.6 Å². The Morgan fingerprint density at radius 1 is 1.25 bits per heavy atom. The molecule has 1 aliphatic heterocycles. The zero-order valence-corrected chi connectivity index (χ0v) is 25.9. The van der Waals surface area contributed by atoms with Gasteiger partial charge in [0, 0.05) is 35.8 Å². The minimum atomic E-state index is -3.97. The maximum atomic E-state index is 13.7. The van der Waals surface area contributed by atoms with Crippen molar-refractivity contribution in [2.75, 3.05) is 24.6 Å². The Balaban J connectivity index is 1.43. The zero-order chi connectivity index (χ0) is 31.5. The van der Waals surface area contributed by atoms with Crippen LogP contribution in [0.15, 0.2) is 52.7 Å². The average Bonchev–Trinajstić information content (AvgIpc) is 3.37. The van der Waals surface area contributed by atoms with E-state index in [9.17, 15) is 13.4 Å². The fourth-order valence-corrected chi connectivity index (χ4v) is 6.52. The standard InChI is InChI=1S/C29H37FN10O3S/c1-28(2)18-20(6-5-15-33-38-31)19-39(28)26-21(27(41)37-44(32,42)25-8-4-7-22(30)34-25)9-10-23(35-26)40-16-11-24(36-40)43-17-14-29(3)12-13-29/h4,7-11,16,20H,5-6,12-15,17-19H2,1-3H3,(H2,32,37,41,42). The summed E-state index contributed by atoms with van der Waals surface area (Å²) in [7, 11) is -3.97. The lowest BCUT2D eigenvalue weighted by atomic mass is 9.93.